The Balaban J connectivity index is 2.01. The largest absolute Gasteiger partial charge is 0.482 e. The van der Waals surface area contributed by atoms with Crippen molar-refractivity contribution in [3.05, 3.63) is 48.0 Å². The van der Waals surface area contributed by atoms with Gasteiger partial charge in [-0.15, -0.1) is 0 Å². The average molecular weight is 373 g/mol. The number of aliphatic hydroxyl groups is 1. The van der Waals surface area contributed by atoms with Gasteiger partial charge in [-0.2, -0.15) is 5.26 Å². The molecule has 8 nitrogen and oxygen atoms in total. The molecule has 0 spiro atoms. The minimum atomic E-state index is -4.00. The van der Waals surface area contributed by atoms with Gasteiger partial charge in [-0.05, 0) is 42.5 Å². The van der Waals surface area contributed by atoms with Gasteiger partial charge in [-0.1, -0.05) is 0 Å². The molecule has 0 saturated carbocycles. The normalized spacial score (nSPS) is 13.2. The summed E-state index contributed by atoms with van der Waals surface area (Å²) in [5.74, 6) is 0.0157. The Kier molecular flexibility index (Phi) is 4.79. The van der Waals surface area contributed by atoms with Crippen molar-refractivity contribution in [1.29, 1.82) is 5.26 Å². The van der Waals surface area contributed by atoms with Crippen molar-refractivity contribution in [2.24, 2.45) is 0 Å². The van der Waals surface area contributed by atoms with Crippen molar-refractivity contribution in [3.63, 3.8) is 0 Å². The van der Waals surface area contributed by atoms with Crippen LogP contribution in [0.5, 0.6) is 5.75 Å². The Labute approximate surface area is 150 Å². The highest BCUT2D eigenvalue weighted by Crippen LogP contribution is 2.32. The van der Waals surface area contributed by atoms with E-state index in [-0.39, 0.29) is 36.2 Å². The number of nitrogens with one attached hydrogen (secondary N) is 1. The van der Waals surface area contributed by atoms with Gasteiger partial charge in [-0.25, -0.2) is 8.42 Å². The second kappa shape index (κ2) is 7.03. The summed E-state index contributed by atoms with van der Waals surface area (Å²) >= 11 is 0. The third kappa shape index (κ3) is 3.33. The average Bonchev–Trinajstić information content (AvgIpc) is 2.65. The standard InChI is InChI=1S/C17H15N3O5S/c18-10-12-1-3-13(4-2-12)20(7-8-21)26(23,24)14-5-6-16-15(9-14)19-17(22)11-25-16/h1-6,9,21H,7-8,11H2,(H,19,22). The Morgan fingerprint density at radius 3 is 2.62 bits per heavy atom. The van der Waals surface area contributed by atoms with E-state index in [1.54, 1.807) is 0 Å². The van der Waals surface area contributed by atoms with Crippen LogP contribution < -0.4 is 14.4 Å². The van der Waals surface area contributed by atoms with Crippen molar-refractivity contribution in [1.82, 2.24) is 0 Å². The van der Waals surface area contributed by atoms with Crippen LogP contribution in [0.2, 0.25) is 0 Å². The number of sulfonamides is 1. The van der Waals surface area contributed by atoms with Crippen LogP contribution in [0, 0.1) is 11.3 Å². The lowest BCUT2D eigenvalue weighted by atomic mass is 10.2. The number of anilines is 2. The molecule has 0 aliphatic carbocycles. The number of nitriles is 1. The summed E-state index contributed by atoms with van der Waals surface area (Å²) < 4.78 is 32.4. The summed E-state index contributed by atoms with van der Waals surface area (Å²) in [6, 6.07) is 12.1. The van der Waals surface area contributed by atoms with Crippen LogP contribution in [0.15, 0.2) is 47.4 Å². The molecule has 2 aromatic rings. The van der Waals surface area contributed by atoms with E-state index in [0.29, 0.717) is 17.0 Å². The molecule has 3 rings (SSSR count). The van der Waals surface area contributed by atoms with Gasteiger partial charge in [0.2, 0.25) is 0 Å². The van der Waals surface area contributed by atoms with Crippen molar-refractivity contribution in [3.8, 4) is 11.8 Å². The van der Waals surface area contributed by atoms with Crippen LogP contribution >= 0.6 is 0 Å². The predicted molar refractivity (Wildman–Crippen MR) is 93.3 cm³/mol. The van der Waals surface area contributed by atoms with Crippen LogP contribution in [-0.2, 0) is 14.8 Å². The monoisotopic (exact) mass is 373 g/mol. The summed E-state index contributed by atoms with van der Waals surface area (Å²) in [6.45, 7) is -0.667. The van der Waals surface area contributed by atoms with E-state index in [2.05, 4.69) is 5.32 Å². The fourth-order valence-corrected chi connectivity index (χ4v) is 4.01. The van der Waals surface area contributed by atoms with Crippen molar-refractivity contribution < 1.29 is 23.1 Å². The van der Waals surface area contributed by atoms with Crippen LogP contribution in [0.1, 0.15) is 5.56 Å². The fourth-order valence-electron chi connectivity index (χ4n) is 2.53. The Morgan fingerprint density at radius 2 is 1.96 bits per heavy atom. The molecule has 0 radical (unpaired) electrons. The lowest BCUT2D eigenvalue weighted by Gasteiger charge is -2.25. The number of ether oxygens (including phenoxy) is 1. The molecule has 0 fully saturated rings. The van der Waals surface area contributed by atoms with Gasteiger partial charge in [0.05, 0.1) is 41.1 Å². The number of aliphatic hydroxyl groups excluding tert-OH is 1. The van der Waals surface area contributed by atoms with E-state index >= 15 is 0 Å². The molecule has 1 amide bonds. The highest BCUT2D eigenvalue weighted by Gasteiger charge is 2.27. The molecule has 0 atom stereocenters. The molecular weight excluding hydrogens is 358 g/mol. The third-order valence-corrected chi connectivity index (χ3v) is 5.58. The highest BCUT2D eigenvalue weighted by molar-refractivity contribution is 7.92. The van der Waals surface area contributed by atoms with Crippen LogP contribution in [0.3, 0.4) is 0 Å². The van der Waals surface area contributed by atoms with E-state index in [0.717, 1.165) is 4.31 Å². The molecule has 134 valence electrons. The van der Waals surface area contributed by atoms with E-state index in [1.807, 2.05) is 6.07 Å². The van der Waals surface area contributed by atoms with E-state index < -0.39 is 10.0 Å². The van der Waals surface area contributed by atoms with Crippen molar-refractivity contribution in [2.45, 2.75) is 4.90 Å². The van der Waals surface area contributed by atoms with Gasteiger partial charge in [0.25, 0.3) is 15.9 Å². The number of hydrogen-bond acceptors (Lipinski definition) is 6. The molecule has 0 bridgehead atoms. The molecule has 0 saturated heterocycles. The third-order valence-electron chi connectivity index (χ3n) is 3.76. The summed E-state index contributed by atoms with van der Waals surface area (Å²) in [4.78, 5) is 11.4. The van der Waals surface area contributed by atoms with Gasteiger partial charge < -0.3 is 15.2 Å². The molecule has 2 N–H and O–H groups in total. The molecule has 0 unspecified atom stereocenters. The quantitative estimate of drug-likeness (QED) is 0.809. The zero-order valence-corrected chi connectivity index (χ0v) is 14.4. The molecule has 0 aromatic heterocycles. The topological polar surface area (TPSA) is 120 Å². The van der Waals surface area contributed by atoms with E-state index in [1.165, 1.54) is 42.5 Å². The molecule has 9 heteroatoms. The SMILES string of the molecule is N#Cc1ccc(N(CCO)S(=O)(=O)c2ccc3c(c2)NC(=O)CO3)cc1. The maximum Gasteiger partial charge on any atom is 0.264 e. The Hall–Kier alpha value is -3.09. The Morgan fingerprint density at radius 1 is 1.23 bits per heavy atom. The lowest BCUT2D eigenvalue weighted by Crippen LogP contribution is -2.34. The first-order valence-electron chi connectivity index (χ1n) is 7.66. The number of carbonyl (C=O) groups excluding carboxylic acids is 1. The minimum Gasteiger partial charge on any atom is -0.482 e. The second-order valence-corrected chi connectivity index (χ2v) is 7.32. The van der Waals surface area contributed by atoms with Gasteiger partial charge in [0.15, 0.2) is 6.61 Å². The number of amides is 1. The number of rotatable bonds is 5. The van der Waals surface area contributed by atoms with Gasteiger partial charge >= 0.3 is 0 Å². The summed E-state index contributed by atoms with van der Waals surface area (Å²) in [7, 11) is -4.00. The fraction of sp³-hybridized carbons (Fsp3) is 0.176. The lowest BCUT2D eigenvalue weighted by molar-refractivity contribution is -0.118. The van der Waals surface area contributed by atoms with Crippen LogP contribution in [0.25, 0.3) is 0 Å². The van der Waals surface area contributed by atoms with Crippen LogP contribution in [-0.4, -0.2) is 39.2 Å². The predicted octanol–water partition coefficient (Wildman–Crippen LogP) is 1.08. The zero-order chi connectivity index (χ0) is 18.7. The number of carbonyl (C=O) groups is 1. The molecule has 2 aromatic carbocycles. The summed E-state index contributed by atoms with van der Waals surface area (Å²) in [5.41, 5.74) is 0.978. The van der Waals surface area contributed by atoms with Crippen molar-refractivity contribution >= 4 is 27.3 Å². The van der Waals surface area contributed by atoms with Crippen LogP contribution in [0.4, 0.5) is 11.4 Å². The Bertz CT molecular complexity index is 980. The van der Waals surface area contributed by atoms with Crippen molar-refractivity contribution in [2.75, 3.05) is 29.4 Å². The molecular formula is C17H15N3O5S. The molecule has 1 aliphatic rings. The first-order chi connectivity index (χ1) is 12.5. The number of hydrogen-bond donors (Lipinski definition) is 2. The summed E-state index contributed by atoms with van der Waals surface area (Å²) in [5, 5.41) is 20.7. The van der Waals surface area contributed by atoms with Gasteiger partial charge in [-0.3, -0.25) is 9.10 Å². The second-order valence-electron chi connectivity index (χ2n) is 5.45. The number of benzene rings is 2. The molecule has 1 aliphatic heterocycles. The maximum atomic E-state index is 13.0. The highest BCUT2D eigenvalue weighted by atomic mass is 32.2. The van der Waals surface area contributed by atoms with E-state index in [9.17, 15) is 18.3 Å². The summed E-state index contributed by atoms with van der Waals surface area (Å²) in [6.07, 6.45) is 0. The molecule has 26 heavy (non-hydrogen) atoms. The number of fused-ring (bicyclic) bond motifs is 1. The first-order valence-corrected chi connectivity index (χ1v) is 9.10. The smallest absolute Gasteiger partial charge is 0.264 e. The maximum absolute atomic E-state index is 13.0. The minimum absolute atomic E-state index is 0.0557. The van der Waals surface area contributed by atoms with Gasteiger partial charge in [0, 0.05) is 0 Å². The van der Waals surface area contributed by atoms with E-state index in [4.69, 9.17) is 10.00 Å². The molecule has 1 heterocycles. The van der Waals surface area contributed by atoms with Gasteiger partial charge in [0.1, 0.15) is 5.75 Å². The zero-order valence-electron chi connectivity index (χ0n) is 13.5. The number of nitrogens with zero attached hydrogens (tertiary/aromatic N) is 2. The first kappa shape index (κ1) is 17.7.